The maximum atomic E-state index is 13.0. The van der Waals surface area contributed by atoms with Crippen molar-refractivity contribution in [3.8, 4) is 0 Å². The quantitative estimate of drug-likeness (QED) is 0.747. The number of hydrogen-bond acceptors (Lipinski definition) is 3. The molecule has 0 bridgehead atoms. The third kappa shape index (κ3) is 3.64. The van der Waals surface area contributed by atoms with Crippen LogP contribution in [0.1, 0.15) is 46.3 Å². The van der Waals surface area contributed by atoms with Crippen molar-refractivity contribution in [2.75, 3.05) is 31.1 Å². The van der Waals surface area contributed by atoms with Crippen molar-refractivity contribution in [2.24, 2.45) is 0 Å². The number of fused-ring (bicyclic) bond motifs is 2. The second kappa shape index (κ2) is 7.66. The first-order valence-electron chi connectivity index (χ1n) is 10.7. The molecule has 2 saturated heterocycles. The van der Waals surface area contributed by atoms with E-state index in [2.05, 4.69) is 28.9 Å². The van der Waals surface area contributed by atoms with Crippen LogP contribution in [0.25, 0.3) is 0 Å². The average molecular weight is 410 g/mol. The van der Waals surface area contributed by atoms with E-state index in [9.17, 15) is 4.79 Å². The predicted molar refractivity (Wildman–Crippen MR) is 118 cm³/mol. The molecule has 2 aromatic rings. The van der Waals surface area contributed by atoms with Crippen LogP contribution < -0.4 is 4.90 Å². The zero-order chi connectivity index (χ0) is 20.0. The van der Waals surface area contributed by atoms with E-state index in [1.807, 2.05) is 29.2 Å². The molecule has 1 atom stereocenters. The van der Waals surface area contributed by atoms with Gasteiger partial charge in [-0.15, -0.1) is 0 Å². The van der Waals surface area contributed by atoms with Gasteiger partial charge in [0.15, 0.2) is 0 Å². The molecule has 2 aromatic carbocycles. The lowest BCUT2D eigenvalue weighted by molar-refractivity contribution is 0.0766. The zero-order valence-electron chi connectivity index (χ0n) is 17.0. The van der Waals surface area contributed by atoms with Crippen LogP contribution in [0.3, 0.4) is 0 Å². The highest BCUT2D eigenvalue weighted by atomic mass is 35.5. The number of halogens is 1. The van der Waals surface area contributed by atoms with Crippen molar-refractivity contribution >= 4 is 23.2 Å². The normalized spacial score (nSPS) is 22.0. The van der Waals surface area contributed by atoms with E-state index >= 15 is 0 Å². The summed E-state index contributed by atoms with van der Waals surface area (Å²) in [5.41, 5.74) is 5.57. The number of piperidine rings is 1. The summed E-state index contributed by atoms with van der Waals surface area (Å²) in [6, 6.07) is 13.0. The Bertz CT molecular complexity index is 926. The summed E-state index contributed by atoms with van der Waals surface area (Å²) in [7, 11) is 0. The number of benzene rings is 2. The Balaban J connectivity index is 1.35. The molecule has 1 unspecified atom stereocenters. The van der Waals surface area contributed by atoms with Gasteiger partial charge in [-0.25, -0.2) is 0 Å². The Hall–Kier alpha value is -2.04. The summed E-state index contributed by atoms with van der Waals surface area (Å²) < 4.78 is 0. The molecule has 3 aliphatic rings. The summed E-state index contributed by atoms with van der Waals surface area (Å²) in [5.74, 6) is 0.149. The highest BCUT2D eigenvalue weighted by Crippen LogP contribution is 2.33. The van der Waals surface area contributed by atoms with Crippen molar-refractivity contribution in [3.63, 3.8) is 0 Å². The summed E-state index contributed by atoms with van der Waals surface area (Å²) in [5, 5.41) is 0.725. The van der Waals surface area contributed by atoms with Gasteiger partial charge >= 0.3 is 0 Å². The second-order valence-electron chi connectivity index (χ2n) is 8.72. The third-order valence-corrected chi connectivity index (χ3v) is 7.01. The lowest BCUT2D eigenvalue weighted by Crippen LogP contribution is -2.54. The first-order chi connectivity index (χ1) is 14.1. The second-order valence-corrected chi connectivity index (χ2v) is 9.15. The number of anilines is 1. The van der Waals surface area contributed by atoms with Crippen LogP contribution in [0.15, 0.2) is 36.4 Å². The lowest BCUT2D eigenvalue weighted by Gasteiger charge is -2.45. The van der Waals surface area contributed by atoms with Crippen LogP contribution in [0.5, 0.6) is 0 Å². The van der Waals surface area contributed by atoms with E-state index in [4.69, 9.17) is 11.6 Å². The molecule has 0 aromatic heterocycles. The molecule has 3 heterocycles. The van der Waals surface area contributed by atoms with Gasteiger partial charge in [-0.1, -0.05) is 30.2 Å². The molecule has 29 heavy (non-hydrogen) atoms. The van der Waals surface area contributed by atoms with Gasteiger partial charge in [0.1, 0.15) is 0 Å². The molecule has 3 aliphatic heterocycles. The van der Waals surface area contributed by atoms with E-state index in [-0.39, 0.29) is 5.91 Å². The third-order valence-electron chi connectivity index (χ3n) is 6.75. The van der Waals surface area contributed by atoms with Gasteiger partial charge in [0, 0.05) is 55.0 Å². The molecular formula is C24H28ClN3O. The molecule has 0 saturated carbocycles. The number of rotatable bonds is 3. The Morgan fingerprint density at radius 1 is 1.07 bits per heavy atom. The Morgan fingerprint density at radius 2 is 1.90 bits per heavy atom. The monoisotopic (exact) mass is 409 g/mol. The number of amides is 1. The van der Waals surface area contributed by atoms with Crippen LogP contribution in [-0.2, 0) is 13.1 Å². The minimum atomic E-state index is 0.149. The maximum Gasteiger partial charge on any atom is 0.255 e. The lowest BCUT2D eigenvalue weighted by atomic mass is 9.98. The summed E-state index contributed by atoms with van der Waals surface area (Å²) in [6.07, 6.45) is 4.01. The molecule has 1 amide bonds. The van der Waals surface area contributed by atoms with Gasteiger partial charge in [0.2, 0.25) is 0 Å². The van der Waals surface area contributed by atoms with Crippen LogP contribution in [0.2, 0.25) is 5.02 Å². The molecule has 5 heteroatoms. The largest absolute Gasteiger partial charge is 0.369 e. The summed E-state index contributed by atoms with van der Waals surface area (Å²) >= 11 is 6.00. The predicted octanol–water partition coefficient (Wildman–Crippen LogP) is 4.48. The standard InChI is InChI=1S/C24H28ClN3O/c1-17-12-22(27-11-10-26-9-3-2-4-21(26)16-27)13-19-15-28(24(29)23(17)19)14-18-5-7-20(25)8-6-18/h5-8,12-13,21H,2-4,9-11,14-16H2,1H3. The molecule has 0 aliphatic carbocycles. The Kier molecular flexibility index (Phi) is 5.00. The van der Waals surface area contributed by atoms with E-state index in [0.717, 1.165) is 41.3 Å². The SMILES string of the molecule is Cc1cc(N2CCN3CCCCC3C2)cc2c1C(=O)N(Cc1ccc(Cl)cc1)C2. The van der Waals surface area contributed by atoms with Gasteiger partial charge in [0.25, 0.3) is 5.91 Å². The molecule has 152 valence electrons. The first-order valence-corrected chi connectivity index (χ1v) is 11.1. The van der Waals surface area contributed by atoms with Crippen LogP contribution in [0.4, 0.5) is 5.69 Å². The van der Waals surface area contributed by atoms with Crippen LogP contribution in [0, 0.1) is 6.92 Å². The van der Waals surface area contributed by atoms with Crippen LogP contribution in [-0.4, -0.2) is 47.9 Å². The van der Waals surface area contributed by atoms with Crippen molar-refractivity contribution in [2.45, 2.75) is 45.3 Å². The van der Waals surface area contributed by atoms with E-state index in [0.29, 0.717) is 19.1 Å². The average Bonchev–Trinajstić information content (AvgIpc) is 3.05. The zero-order valence-corrected chi connectivity index (χ0v) is 17.8. The number of carbonyl (C=O) groups is 1. The fraction of sp³-hybridized carbons (Fsp3) is 0.458. The molecule has 0 spiro atoms. The number of hydrogen-bond donors (Lipinski definition) is 0. The number of nitrogens with zero attached hydrogens (tertiary/aromatic N) is 3. The molecule has 0 N–H and O–H groups in total. The molecule has 5 rings (SSSR count). The summed E-state index contributed by atoms with van der Waals surface area (Å²) in [4.78, 5) is 20.2. The number of piperazine rings is 1. The van der Waals surface area contributed by atoms with Crippen molar-refractivity contribution in [3.05, 3.63) is 63.7 Å². The maximum absolute atomic E-state index is 13.0. The smallest absolute Gasteiger partial charge is 0.255 e. The van der Waals surface area contributed by atoms with Gasteiger partial charge in [-0.2, -0.15) is 0 Å². The number of aryl methyl sites for hydroxylation is 1. The van der Waals surface area contributed by atoms with Crippen LogP contribution >= 0.6 is 11.6 Å². The topological polar surface area (TPSA) is 26.8 Å². The Morgan fingerprint density at radius 3 is 2.72 bits per heavy atom. The first kappa shape index (κ1) is 19.0. The fourth-order valence-corrected chi connectivity index (χ4v) is 5.34. The fourth-order valence-electron chi connectivity index (χ4n) is 5.22. The minimum absolute atomic E-state index is 0.149. The highest BCUT2D eigenvalue weighted by Gasteiger charge is 2.32. The summed E-state index contributed by atoms with van der Waals surface area (Å²) in [6.45, 7) is 8.01. The van der Waals surface area contributed by atoms with E-state index in [1.54, 1.807) is 0 Å². The molecule has 4 nitrogen and oxygen atoms in total. The van der Waals surface area contributed by atoms with Crippen molar-refractivity contribution < 1.29 is 4.79 Å². The van der Waals surface area contributed by atoms with Crippen molar-refractivity contribution in [1.29, 1.82) is 0 Å². The highest BCUT2D eigenvalue weighted by molar-refractivity contribution is 6.30. The van der Waals surface area contributed by atoms with Gasteiger partial charge in [0.05, 0.1) is 0 Å². The Labute approximate surface area is 178 Å². The van der Waals surface area contributed by atoms with E-state index in [1.165, 1.54) is 37.1 Å². The van der Waals surface area contributed by atoms with Gasteiger partial charge < -0.3 is 9.80 Å². The van der Waals surface area contributed by atoms with E-state index < -0.39 is 0 Å². The van der Waals surface area contributed by atoms with Crippen molar-refractivity contribution in [1.82, 2.24) is 9.80 Å². The molecule has 2 fully saturated rings. The minimum Gasteiger partial charge on any atom is -0.369 e. The molecule has 0 radical (unpaired) electrons. The van der Waals surface area contributed by atoms with Gasteiger partial charge in [-0.3, -0.25) is 9.69 Å². The number of carbonyl (C=O) groups excluding carboxylic acids is 1. The van der Waals surface area contributed by atoms with Gasteiger partial charge in [-0.05, 0) is 67.3 Å². The molecular weight excluding hydrogens is 382 g/mol.